The fourth-order valence-corrected chi connectivity index (χ4v) is 1.89. The normalized spacial score (nSPS) is 20.7. The van der Waals surface area contributed by atoms with E-state index < -0.39 is 0 Å². The second kappa shape index (κ2) is 4.61. The molecular weight excluding hydrogens is 228 g/mol. The lowest BCUT2D eigenvalue weighted by Gasteiger charge is -2.20. The number of aromatic nitrogens is 1. The van der Waals surface area contributed by atoms with E-state index in [2.05, 4.69) is 10.3 Å². The standard InChI is InChI=1S/C11H11ClN2O2/c12-5-8-2-1-7(6-13-8)9-3-4-10(15)14-11(9)16/h1-2,6,9H,3-5H2,(H,14,15,16). The Bertz CT molecular complexity index is 416. The number of carbonyl (C=O) groups excluding carboxylic acids is 2. The number of hydrogen-bond acceptors (Lipinski definition) is 3. The van der Waals surface area contributed by atoms with Crippen molar-refractivity contribution in [3.05, 3.63) is 29.6 Å². The minimum absolute atomic E-state index is 0.202. The third-order valence-corrected chi connectivity index (χ3v) is 2.90. The summed E-state index contributed by atoms with van der Waals surface area (Å²) in [4.78, 5) is 26.7. The highest BCUT2D eigenvalue weighted by Crippen LogP contribution is 2.24. The molecule has 0 spiro atoms. The molecule has 1 aliphatic rings. The molecule has 2 rings (SSSR count). The molecule has 1 N–H and O–H groups in total. The zero-order valence-corrected chi connectivity index (χ0v) is 9.33. The first-order valence-corrected chi connectivity index (χ1v) is 5.58. The Hall–Kier alpha value is -1.42. The maximum atomic E-state index is 11.6. The predicted molar refractivity (Wildman–Crippen MR) is 58.9 cm³/mol. The molecule has 0 bridgehead atoms. The molecule has 1 aromatic heterocycles. The Morgan fingerprint density at radius 2 is 2.25 bits per heavy atom. The summed E-state index contributed by atoms with van der Waals surface area (Å²) < 4.78 is 0. The van der Waals surface area contributed by atoms with Crippen molar-refractivity contribution in [1.29, 1.82) is 0 Å². The summed E-state index contributed by atoms with van der Waals surface area (Å²) >= 11 is 5.63. The molecule has 0 aromatic carbocycles. The van der Waals surface area contributed by atoms with Gasteiger partial charge in [-0.25, -0.2) is 0 Å². The highest BCUT2D eigenvalue weighted by Gasteiger charge is 2.27. The Kier molecular flexibility index (Phi) is 3.19. The van der Waals surface area contributed by atoms with E-state index in [1.807, 2.05) is 6.07 Å². The lowest BCUT2D eigenvalue weighted by atomic mass is 9.91. The summed E-state index contributed by atoms with van der Waals surface area (Å²) in [5.74, 6) is -0.354. The van der Waals surface area contributed by atoms with E-state index in [1.165, 1.54) is 0 Å². The van der Waals surface area contributed by atoms with Crippen LogP contribution < -0.4 is 5.32 Å². The molecule has 16 heavy (non-hydrogen) atoms. The van der Waals surface area contributed by atoms with Crippen LogP contribution in [0.25, 0.3) is 0 Å². The average molecular weight is 239 g/mol. The summed E-state index contributed by atoms with van der Waals surface area (Å²) in [6.45, 7) is 0. The van der Waals surface area contributed by atoms with Gasteiger partial charge in [0.1, 0.15) is 0 Å². The SMILES string of the molecule is O=C1CCC(c2ccc(CCl)nc2)C(=O)N1. The molecule has 1 aliphatic heterocycles. The fraction of sp³-hybridized carbons (Fsp3) is 0.364. The van der Waals surface area contributed by atoms with E-state index in [-0.39, 0.29) is 17.7 Å². The predicted octanol–water partition coefficient (Wildman–Crippen LogP) is 1.34. The van der Waals surface area contributed by atoms with Crippen LogP contribution >= 0.6 is 11.6 Å². The van der Waals surface area contributed by atoms with Crippen LogP contribution in [0.3, 0.4) is 0 Å². The number of carbonyl (C=O) groups is 2. The number of nitrogens with one attached hydrogen (secondary N) is 1. The van der Waals surface area contributed by atoms with Crippen LogP contribution in [-0.2, 0) is 15.5 Å². The monoisotopic (exact) mass is 238 g/mol. The maximum Gasteiger partial charge on any atom is 0.234 e. The van der Waals surface area contributed by atoms with Gasteiger partial charge in [-0.05, 0) is 18.1 Å². The molecular formula is C11H11ClN2O2. The molecule has 1 saturated heterocycles. The van der Waals surface area contributed by atoms with E-state index in [9.17, 15) is 9.59 Å². The molecule has 0 saturated carbocycles. The van der Waals surface area contributed by atoms with E-state index in [4.69, 9.17) is 11.6 Å². The van der Waals surface area contributed by atoms with Gasteiger partial charge in [-0.3, -0.25) is 19.9 Å². The van der Waals surface area contributed by atoms with Crippen molar-refractivity contribution >= 4 is 23.4 Å². The number of piperidine rings is 1. The van der Waals surface area contributed by atoms with Gasteiger partial charge < -0.3 is 0 Å². The van der Waals surface area contributed by atoms with Crippen molar-refractivity contribution < 1.29 is 9.59 Å². The van der Waals surface area contributed by atoms with Gasteiger partial charge in [0.05, 0.1) is 17.5 Å². The third kappa shape index (κ3) is 2.22. The maximum absolute atomic E-state index is 11.6. The zero-order valence-electron chi connectivity index (χ0n) is 8.57. The Morgan fingerprint density at radius 1 is 1.44 bits per heavy atom. The molecule has 1 fully saturated rings. The van der Waals surface area contributed by atoms with Crippen molar-refractivity contribution in [2.45, 2.75) is 24.6 Å². The van der Waals surface area contributed by atoms with Crippen molar-refractivity contribution in [3.8, 4) is 0 Å². The topological polar surface area (TPSA) is 59.1 Å². The Balaban J connectivity index is 2.17. The van der Waals surface area contributed by atoms with Crippen LogP contribution in [0, 0.1) is 0 Å². The second-order valence-electron chi connectivity index (χ2n) is 3.72. The molecule has 84 valence electrons. The van der Waals surface area contributed by atoms with Crippen LogP contribution in [0.2, 0.25) is 0 Å². The average Bonchev–Trinajstić information content (AvgIpc) is 2.29. The van der Waals surface area contributed by atoms with E-state index in [0.717, 1.165) is 11.3 Å². The molecule has 2 heterocycles. The van der Waals surface area contributed by atoms with Gasteiger partial charge in [-0.15, -0.1) is 11.6 Å². The first-order chi connectivity index (χ1) is 7.70. The number of hydrogen-bond donors (Lipinski definition) is 1. The van der Waals surface area contributed by atoms with Gasteiger partial charge >= 0.3 is 0 Å². The van der Waals surface area contributed by atoms with Crippen LogP contribution in [0.5, 0.6) is 0 Å². The number of nitrogens with zero attached hydrogens (tertiary/aromatic N) is 1. The summed E-state index contributed by atoms with van der Waals surface area (Å²) in [6.07, 6.45) is 2.58. The van der Waals surface area contributed by atoms with Crippen molar-refractivity contribution in [2.24, 2.45) is 0 Å². The van der Waals surface area contributed by atoms with Crippen LogP contribution in [0.15, 0.2) is 18.3 Å². The minimum Gasteiger partial charge on any atom is -0.296 e. The third-order valence-electron chi connectivity index (χ3n) is 2.63. The summed E-state index contributed by atoms with van der Waals surface area (Å²) in [5.41, 5.74) is 1.61. The molecule has 1 aromatic rings. The quantitative estimate of drug-likeness (QED) is 0.625. The van der Waals surface area contributed by atoms with E-state index >= 15 is 0 Å². The van der Waals surface area contributed by atoms with Gasteiger partial charge in [-0.2, -0.15) is 0 Å². The first kappa shape index (κ1) is 11.1. The van der Waals surface area contributed by atoms with Gasteiger partial charge in [0.2, 0.25) is 11.8 Å². The van der Waals surface area contributed by atoms with Crippen molar-refractivity contribution in [2.75, 3.05) is 0 Å². The number of amides is 2. The van der Waals surface area contributed by atoms with Gasteiger partial charge in [-0.1, -0.05) is 6.07 Å². The molecule has 5 heteroatoms. The van der Waals surface area contributed by atoms with Crippen molar-refractivity contribution in [1.82, 2.24) is 10.3 Å². The molecule has 2 amide bonds. The number of imide groups is 1. The molecule has 0 aliphatic carbocycles. The van der Waals surface area contributed by atoms with Crippen LogP contribution in [0.4, 0.5) is 0 Å². The Labute approximate surface area is 98.0 Å². The largest absolute Gasteiger partial charge is 0.296 e. The van der Waals surface area contributed by atoms with Gasteiger partial charge in [0.25, 0.3) is 0 Å². The Morgan fingerprint density at radius 3 is 2.81 bits per heavy atom. The minimum atomic E-state index is -0.269. The highest BCUT2D eigenvalue weighted by atomic mass is 35.5. The molecule has 4 nitrogen and oxygen atoms in total. The van der Waals surface area contributed by atoms with Crippen LogP contribution in [0.1, 0.15) is 30.0 Å². The number of rotatable bonds is 2. The van der Waals surface area contributed by atoms with E-state index in [1.54, 1.807) is 12.3 Å². The number of halogens is 1. The second-order valence-corrected chi connectivity index (χ2v) is 3.99. The number of alkyl halides is 1. The zero-order chi connectivity index (χ0) is 11.5. The van der Waals surface area contributed by atoms with Crippen LogP contribution in [-0.4, -0.2) is 16.8 Å². The molecule has 1 unspecified atom stereocenters. The lowest BCUT2D eigenvalue weighted by molar-refractivity contribution is -0.134. The van der Waals surface area contributed by atoms with E-state index in [0.29, 0.717) is 18.7 Å². The summed E-state index contributed by atoms with van der Waals surface area (Å²) in [6, 6.07) is 3.64. The smallest absolute Gasteiger partial charge is 0.234 e. The van der Waals surface area contributed by atoms with Crippen molar-refractivity contribution in [3.63, 3.8) is 0 Å². The lowest BCUT2D eigenvalue weighted by Crippen LogP contribution is -2.39. The molecule has 1 atom stereocenters. The summed E-state index contributed by atoms with van der Waals surface area (Å²) in [7, 11) is 0. The number of pyridine rings is 1. The summed E-state index contributed by atoms with van der Waals surface area (Å²) in [5, 5.41) is 2.32. The first-order valence-electron chi connectivity index (χ1n) is 5.05. The van der Waals surface area contributed by atoms with Gasteiger partial charge in [0.15, 0.2) is 0 Å². The highest BCUT2D eigenvalue weighted by molar-refractivity contribution is 6.16. The molecule has 0 radical (unpaired) electrons. The van der Waals surface area contributed by atoms with Gasteiger partial charge in [0, 0.05) is 12.6 Å². The fourth-order valence-electron chi connectivity index (χ4n) is 1.73.